The standard InChI is InChI=1S/C56H38N4/c1-5-18-39(19-6-1)54-36-40-32-34-49-47-28-13-16-31-52(47)60(56(49)55(40)59(54)43-24-11-4-12-25-43)45-27-17-26-44(37-45)57(41-20-7-2-8-21-41)46-33-35-53-50(38-46)48-29-14-15-30-51(48)58(53)42-22-9-3-10-23-42/h1-38H. The van der Waals surface area contributed by atoms with Crippen molar-refractivity contribution in [3.8, 4) is 28.3 Å². The summed E-state index contributed by atoms with van der Waals surface area (Å²) in [5.74, 6) is 0. The lowest BCUT2D eigenvalue weighted by molar-refractivity contribution is 1.12. The van der Waals surface area contributed by atoms with E-state index in [9.17, 15) is 0 Å². The first kappa shape index (κ1) is 34.0. The largest absolute Gasteiger partial charge is 0.310 e. The van der Waals surface area contributed by atoms with Crippen molar-refractivity contribution in [2.75, 3.05) is 4.90 Å². The first-order valence-corrected chi connectivity index (χ1v) is 20.5. The zero-order valence-corrected chi connectivity index (χ0v) is 32.7. The van der Waals surface area contributed by atoms with E-state index in [1.165, 1.54) is 60.1 Å². The summed E-state index contributed by atoms with van der Waals surface area (Å²) in [6, 6.07) is 83.4. The lowest BCUT2D eigenvalue weighted by Crippen LogP contribution is -2.10. The molecule has 0 bridgehead atoms. The maximum absolute atomic E-state index is 2.48. The Morgan fingerprint density at radius 3 is 1.53 bits per heavy atom. The van der Waals surface area contributed by atoms with Gasteiger partial charge in [0.05, 0.1) is 33.3 Å². The van der Waals surface area contributed by atoms with E-state index in [0.29, 0.717) is 0 Å². The fraction of sp³-hybridized carbons (Fsp3) is 0. The molecule has 0 radical (unpaired) electrons. The van der Waals surface area contributed by atoms with Gasteiger partial charge in [0.1, 0.15) is 0 Å². The summed E-state index contributed by atoms with van der Waals surface area (Å²) in [6.45, 7) is 0. The van der Waals surface area contributed by atoms with E-state index in [1.54, 1.807) is 0 Å². The minimum absolute atomic E-state index is 1.08. The van der Waals surface area contributed by atoms with Crippen LogP contribution in [0.25, 0.3) is 82.8 Å². The summed E-state index contributed by atoms with van der Waals surface area (Å²) in [5.41, 5.74) is 14.9. The molecule has 12 aromatic rings. The molecule has 0 aliphatic carbocycles. The first-order valence-electron chi connectivity index (χ1n) is 20.5. The van der Waals surface area contributed by atoms with Crippen molar-refractivity contribution < 1.29 is 0 Å². The number of aromatic nitrogens is 3. The van der Waals surface area contributed by atoms with Crippen molar-refractivity contribution in [2.45, 2.75) is 0 Å². The Hall–Kier alpha value is -8.08. The summed E-state index contributed by atoms with van der Waals surface area (Å²) < 4.78 is 7.30. The van der Waals surface area contributed by atoms with Gasteiger partial charge < -0.3 is 18.6 Å². The molecule has 4 heteroatoms. The van der Waals surface area contributed by atoms with Crippen LogP contribution in [0.3, 0.4) is 0 Å². The molecule has 0 fully saturated rings. The van der Waals surface area contributed by atoms with Gasteiger partial charge in [0.15, 0.2) is 0 Å². The lowest BCUT2D eigenvalue weighted by Gasteiger charge is -2.26. The Labute approximate surface area is 347 Å². The topological polar surface area (TPSA) is 18.0 Å². The Balaban J connectivity index is 1.11. The van der Waals surface area contributed by atoms with Crippen molar-refractivity contribution in [2.24, 2.45) is 0 Å². The summed E-state index contributed by atoms with van der Waals surface area (Å²) in [7, 11) is 0. The highest BCUT2D eigenvalue weighted by atomic mass is 15.1. The molecule has 282 valence electrons. The van der Waals surface area contributed by atoms with Crippen LogP contribution in [-0.4, -0.2) is 13.7 Å². The highest BCUT2D eigenvalue weighted by molar-refractivity contribution is 6.19. The number of benzene rings is 9. The van der Waals surface area contributed by atoms with Gasteiger partial charge in [-0.3, -0.25) is 0 Å². The highest BCUT2D eigenvalue weighted by Gasteiger charge is 2.23. The Bertz CT molecular complexity index is 3520. The number of para-hydroxylation sites is 5. The van der Waals surface area contributed by atoms with Gasteiger partial charge in [0.25, 0.3) is 0 Å². The molecule has 3 heterocycles. The Kier molecular flexibility index (Phi) is 7.82. The van der Waals surface area contributed by atoms with E-state index >= 15 is 0 Å². The third-order valence-electron chi connectivity index (χ3n) is 12.0. The van der Waals surface area contributed by atoms with Crippen LogP contribution in [0.5, 0.6) is 0 Å². The van der Waals surface area contributed by atoms with Crippen molar-refractivity contribution in [3.05, 3.63) is 231 Å². The second-order valence-electron chi connectivity index (χ2n) is 15.4. The quantitative estimate of drug-likeness (QED) is 0.158. The summed E-state index contributed by atoms with van der Waals surface area (Å²) in [6.07, 6.45) is 0. The monoisotopic (exact) mass is 766 g/mol. The molecule has 0 aliphatic rings. The van der Waals surface area contributed by atoms with Gasteiger partial charge in [-0.1, -0.05) is 140 Å². The smallest absolute Gasteiger partial charge is 0.0788 e. The average Bonchev–Trinajstić information content (AvgIpc) is 3.99. The van der Waals surface area contributed by atoms with Gasteiger partial charge in [-0.05, 0) is 96.6 Å². The van der Waals surface area contributed by atoms with E-state index in [2.05, 4.69) is 249 Å². The van der Waals surface area contributed by atoms with Gasteiger partial charge in [0, 0.05) is 61.1 Å². The molecule has 3 aromatic heterocycles. The Morgan fingerprint density at radius 2 is 0.817 bits per heavy atom. The molecule has 9 aromatic carbocycles. The molecule has 0 atom stereocenters. The van der Waals surface area contributed by atoms with Gasteiger partial charge in [-0.25, -0.2) is 0 Å². The maximum atomic E-state index is 2.48. The average molecular weight is 767 g/mol. The number of fused-ring (bicyclic) bond motifs is 8. The molecular formula is C56H38N4. The fourth-order valence-corrected chi connectivity index (χ4v) is 9.43. The molecule has 60 heavy (non-hydrogen) atoms. The normalized spacial score (nSPS) is 11.7. The molecule has 0 unspecified atom stereocenters. The third-order valence-corrected chi connectivity index (χ3v) is 12.0. The van der Waals surface area contributed by atoms with Gasteiger partial charge in [0.2, 0.25) is 0 Å². The number of anilines is 3. The SMILES string of the molecule is c1ccc(-c2cc3ccc4c5ccccc5n(-c5cccc(N(c6ccccc6)c6ccc7c(c6)c6ccccc6n7-c6ccccc6)c5)c4c3n2-c2ccccc2)cc1. The minimum Gasteiger partial charge on any atom is -0.310 e. The molecule has 0 saturated heterocycles. The van der Waals surface area contributed by atoms with Crippen LogP contribution in [0.15, 0.2) is 231 Å². The molecule has 12 rings (SSSR count). The molecule has 0 saturated carbocycles. The Morgan fingerprint density at radius 1 is 0.283 bits per heavy atom. The van der Waals surface area contributed by atoms with Crippen LogP contribution < -0.4 is 4.90 Å². The number of hydrogen-bond donors (Lipinski definition) is 0. The van der Waals surface area contributed by atoms with Crippen LogP contribution in [0.4, 0.5) is 17.1 Å². The minimum atomic E-state index is 1.08. The molecule has 4 nitrogen and oxygen atoms in total. The van der Waals surface area contributed by atoms with Gasteiger partial charge >= 0.3 is 0 Å². The van der Waals surface area contributed by atoms with Crippen molar-refractivity contribution >= 4 is 71.6 Å². The van der Waals surface area contributed by atoms with E-state index in [4.69, 9.17) is 0 Å². The molecule has 0 aliphatic heterocycles. The maximum Gasteiger partial charge on any atom is 0.0788 e. The predicted molar refractivity (Wildman–Crippen MR) is 252 cm³/mol. The van der Waals surface area contributed by atoms with Crippen molar-refractivity contribution in [1.82, 2.24) is 13.7 Å². The molecule has 0 spiro atoms. The predicted octanol–water partition coefficient (Wildman–Crippen LogP) is 15.0. The third kappa shape index (κ3) is 5.32. The summed E-state index contributed by atoms with van der Waals surface area (Å²) >= 11 is 0. The molecule has 0 N–H and O–H groups in total. The summed E-state index contributed by atoms with van der Waals surface area (Å²) in [4.78, 5) is 2.39. The number of hydrogen-bond acceptors (Lipinski definition) is 1. The summed E-state index contributed by atoms with van der Waals surface area (Å²) in [5, 5.41) is 6.08. The zero-order chi connectivity index (χ0) is 39.6. The van der Waals surface area contributed by atoms with Crippen molar-refractivity contribution in [1.29, 1.82) is 0 Å². The fourth-order valence-electron chi connectivity index (χ4n) is 9.43. The van der Waals surface area contributed by atoms with Gasteiger partial charge in [-0.15, -0.1) is 0 Å². The molecule has 0 amide bonds. The number of nitrogens with zero attached hydrogens (tertiary/aromatic N) is 4. The second kappa shape index (κ2) is 13.8. The van der Waals surface area contributed by atoms with Crippen molar-refractivity contribution in [3.63, 3.8) is 0 Å². The lowest BCUT2D eigenvalue weighted by atomic mass is 10.1. The van der Waals surface area contributed by atoms with E-state index in [1.807, 2.05) is 0 Å². The van der Waals surface area contributed by atoms with Gasteiger partial charge in [-0.2, -0.15) is 0 Å². The van der Waals surface area contributed by atoms with E-state index in [-0.39, 0.29) is 0 Å². The number of rotatable bonds is 7. The second-order valence-corrected chi connectivity index (χ2v) is 15.4. The van der Waals surface area contributed by atoms with Crippen LogP contribution in [-0.2, 0) is 0 Å². The van der Waals surface area contributed by atoms with Crippen LogP contribution in [0.1, 0.15) is 0 Å². The van der Waals surface area contributed by atoms with E-state index in [0.717, 1.165) is 39.8 Å². The van der Waals surface area contributed by atoms with Crippen LogP contribution in [0.2, 0.25) is 0 Å². The molecular weight excluding hydrogens is 729 g/mol. The van der Waals surface area contributed by atoms with E-state index < -0.39 is 0 Å². The zero-order valence-electron chi connectivity index (χ0n) is 32.7. The van der Waals surface area contributed by atoms with Crippen LogP contribution in [0, 0.1) is 0 Å². The first-order chi connectivity index (χ1) is 29.8. The highest BCUT2D eigenvalue weighted by Crippen LogP contribution is 2.44. The van der Waals surface area contributed by atoms with Crippen LogP contribution >= 0.6 is 0 Å².